The summed E-state index contributed by atoms with van der Waals surface area (Å²) in [6, 6.07) is 10.7. The highest BCUT2D eigenvalue weighted by molar-refractivity contribution is 5.85. The van der Waals surface area contributed by atoms with Crippen molar-refractivity contribution in [2.75, 3.05) is 0 Å². The molecule has 1 aromatic carbocycles. The predicted octanol–water partition coefficient (Wildman–Crippen LogP) is 3.34. The van der Waals surface area contributed by atoms with E-state index < -0.39 is 0 Å². The summed E-state index contributed by atoms with van der Waals surface area (Å²) < 4.78 is 0. The molecule has 1 fully saturated rings. The van der Waals surface area contributed by atoms with Crippen LogP contribution in [0.25, 0.3) is 0 Å². The zero-order chi connectivity index (χ0) is 10.2. The minimum Gasteiger partial charge on any atom is -0.325 e. The van der Waals surface area contributed by atoms with Gasteiger partial charge in [0.1, 0.15) is 0 Å². The SMILES string of the molecule is CC(C)C[C@@]1(N)C[C@@H]1c1ccccc1.Cl. The molecular formula is C13H20ClN. The third-order valence-electron chi connectivity index (χ3n) is 3.11. The van der Waals surface area contributed by atoms with Gasteiger partial charge in [-0.1, -0.05) is 44.2 Å². The molecule has 2 heteroatoms. The molecule has 15 heavy (non-hydrogen) atoms. The van der Waals surface area contributed by atoms with Crippen LogP contribution in [0.3, 0.4) is 0 Å². The van der Waals surface area contributed by atoms with Crippen molar-refractivity contribution in [3.05, 3.63) is 35.9 Å². The van der Waals surface area contributed by atoms with Crippen LogP contribution in [0.2, 0.25) is 0 Å². The molecule has 1 nitrogen and oxygen atoms in total. The van der Waals surface area contributed by atoms with Crippen LogP contribution in [0.5, 0.6) is 0 Å². The molecule has 0 saturated heterocycles. The van der Waals surface area contributed by atoms with Crippen molar-refractivity contribution in [2.45, 2.75) is 38.1 Å². The number of hydrogen-bond donors (Lipinski definition) is 1. The van der Waals surface area contributed by atoms with Gasteiger partial charge in [0.25, 0.3) is 0 Å². The monoisotopic (exact) mass is 225 g/mol. The highest BCUT2D eigenvalue weighted by Gasteiger charge is 2.51. The van der Waals surface area contributed by atoms with Gasteiger partial charge in [-0.2, -0.15) is 0 Å². The van der Waals surface area contributed by atoms with Crippen LogP contribution in [0.4, 0.5) is 0 Å². The second kappa shape index (κ2) is 4.54. The normalized spacial score (nSPS) is 28.7. The zero-order valence-electron chi connectivity index (χ0n) is 9.44. The van der Waals surface area contributed by atoms with Crippen molar-refractivity contribution >= 4 is 12.4 Å². The highest BCUT2D eigenvalue weighted by atomic mass is 35.5. The van der Waals surface area contributed by atoms with E-state index in [1.807, 2.05) is 0 Å². The number of nitrogens with two attached hydrogens (primary N) is 1. The van der Waals surface area contributed by atoms with Crippen molar-refractivity contribution in [1.29, 1.82) is 0 Å². The third kappa shape index (κ3) is 2.73. The summed E-state index contributed by atoms with van der Waals surface area (Å²) >= 11 is 0. The Bertz CT molecular complexity index is 310. The van der Waals surface area contributed by atoms with Gasteiger partial charge in [0.05, 0.1) is 0 Å². The fourth-order valence-electron chi connectivity index (χ4n) is 2.44. The molecule has 0 aromatic heterocycles. The van der Waals surface area contributed by atoms with Crippen molar-refractivity contribution in [3.8, 4) is 0 Å². The molecule has 0 heterocycles. The molecule has 1 aromatic rings. The molecule has 0 radical (unpaired) electrons. The molecule has 0 aliphatic heterocycles. The van der Waals surface area contributed by atoms with E-state index in [9.17, 15) is 0 Å². The minimum absolute atomic E-state index is 0. The summed E-state index contributed by atoms with van der Waals surface area (Å²) in [5, 5.41) is 0. The summed E-state index contributed by atoms with van der Waals surface area (Å²) in [7, 11) is 0. The van der Waals surface area contributed by atoms with E-state index in [1.165, 1.54) is 5.56 Å². The summed E-state index contributed by atoms with van der Waals surface area (Å²) in [4.78, 5) is 0. The molecule has 2 atom stereocenters. The first kappa shape index (κ1) is 12.5. The van der Waals surface area contributed by atoms with E-state index in [0.29, 0.717) is 11.8 Å². The Balaban J connectivity index is 0.00000112. The zero-order valence-corrected chi connectivity index (χ0v) is 10.3. The Hall–Kier alpha value is -0.530. The average Bonchev–Trinajstić information content (AvgIpc) is 2.77. The standard InChI is InChI=1S/C13H19N.ClH/c1-10(2)8-13(14)9-12(13)11-6-4-3-5-7-11;/h3-7,10,12H,8-9,14H2,1-2H3;1H/t12-,13-;/m1./s1. The smallest absolute Gasteiger partial charge is 0.0233 e. The van der Waals surface area contributed by atoms with Gasteiger partial charge < -0.3 is 5.73 Å². The second-order valence-corrected chi connectivity index (χ2v) is 5.00. The fraction of sp³-hybridized carbons (Fsp3) is 0.538. The lowest BCUT2D eigenvalue weighted by molar-refractivity contribution is 0.474. The first-order valence-corrected chi connectivity index (χ1v) is 5.46. The van der Waals surface area contributed by atoms with Gasteiger partial charge in [0, 0.05) is 11.5 Å². The van der Waals surface area contributed by atoms with E-state index in [4.69, 9.17) is 5.73 Å². The van der Waals surface area contributed by atoms with Crippen LogP contribution >= 0.6 is 12.4 Å². The molecule has 1 aliphatic rings. The summed E-state index contributed by atoms with van der Waals surface area (Å²) in [6.45, 7) is 4.49. The first-order valence-electron chi connectivity index (χ1n) is 5.46. The topological polar surface area (TPSA) is 26.0 Å². The maximum Gasteiger partial charge on any atom is 0.0233 e. The van der Waals surface area contributed by atoms with Crippen LogP contribution in [0.1, 0.15) is 38.2 Å². The number of hydrogen-bond acceptors (Lipinski definition) is 1. The molecule has 84 valence electrons. The largest absolute Gasteiger partial charge is 0.325 e. The maximum atomic E-state index is 6.32. The molecule has 2 rings (SSSR count). The molecule has 0 spiro atoms. The molecular weight excluding hydrogens is 206 g/mol. The summed E-state index contributed by atoms with van der Waals surface area (Å²) in [5.74, 6) is 1.31. The molecule has 0 unspecified atom stereocenters. The van der Waals surface area contributed by atoms with E-state index in [1.54, 1.807) is 0 Å². The van der Waals surface area contributed by atoms with Gasteiger partial charge in [-0.3, -0.25) is 0 Å². The predicted molar refractivity (Wildman–Crippen MR) is 67.4 cm³/mol. The minimum atomic E-state index is 0. The van der Waals surface area contributed by atoms with Crippen LogP contribution in [-0.4, -0.2) is 5.54 Å². The van der Waals surface area contributed by atoms with Gasteiger partial charge in [-0.15, -0.1) is 12.4 Å². The lowest BCUT2D eigenvalue weighted by Crippen LogP contribution is -2.26. The Kier molecular flexibility index (Phi) is 3.80. The molecule has 1 saturated carbocycles. The third-order valence-corrected chi connectivity index (χ3v) is 3.11. The van der Waals surface area contributed by atoms with Gasteiger partial charge in [-0.25, -0.2) is 0 Å². The van der Waals surface area contributed by atoms with E-state index >= 15 is 0 Å². The highest BCUT2D eigenvalue weighted by Crippen LogP contribution is 2.52. The van der Waals surface area contributed by atoms with Crippen molar-refractivity contribution < 1.29 is 0 Å². The molecule has 2 N–H and O–H groups in total. The van der Waals surface area contributed by atoms with Gasteiger partial charge in [0.15, 0.2) is 0 Å². The average molecular weight is 226 g/mol. The van der Waals surface area contributed by atoms with Gasteiger partial charge in [-0.05, 0) is 24.3 Å². The van der Waals surface area contributed by atoms with Crippen molar-refractivity contribution in [3.63, 3.8) is 0 Å². The van der Waals surface area contributed by atoms with Gasteiger partial charge in [0.2, 0.25) is 0 Å². The molecule has 0 amide bonds. The Morgan fingerprint density at radius 1 is 1.33 bits per heavy atom. The number of rotatable bonds is 3. The Morgan fingerprint density at radius 3 is 2.47 bits per heavy atom. The van der Waals surface area contributed by atoms with Crippen molar-refractivity contribution in [2.24, 2.45) is 11.7 Å². The Morgan fingerprint density at radius 2 is 1.93 bits per heavy atom. The van der Waals surface area contributed by atoms with E-state index in [0.717, 1.165) is 12.8 Å². The number of halogens is 1. The lowest BCUT2D eigenvalue weighted by atomic mass is 9.98. The summed E-state index contributed by atoms with van der Waals surface area (Å²) in [5.41, 5.74) is 7.83. The van der Waals surface area contributed by atoms with Crippen molar-refractivity contribution in [1.82, 2.24) is 0 Å². The molecule has 1 aliphatic carbocycles. The fourth-order valence-corrected chi connectivity index (χ4v) is 2.44. The van der Waals surface area contributed by atoms with Crippen LogP contribution in [-0.2, 0) is 0 Å². The van der Waals surface area contributed by atoms with Gasteiger partial charge >= 0.3 is 0 Å². The maximum absolute atomic E-state index is 6.32. The lowest BCUT2D eigenvalue weighted by Gasteiger charge is -2.14. The van der Waals surface area contributed by atoms with Crippen LogP contribution in [0, 0.1) is 5.92 Å². The Labute approximate surface area is 98.5 Å². The quantitative estimate of drug-likeness (QED) is 0.839. The van der Waals surface area contributed by atoms with E-state index in [-0.39, 0.29) is 17.9 Å². The van der Waals surface area contributed by atoms with Crippen LogP contribution in [0.15, 0.2) is 30.3 Å². The molecule has 0 bridgehead atoms. The second-order valence-electron chi connectivity index (χ2n) is 5.00. The van der Waals surface area contributed by atoms with E-state index in [2.05, 4.69) is 44.2 Å². The number of benzene rings is 1. The first-order chi connectivity index (χ1) is 6.62. The summed E-state index contributed by atoms with van der Waals surface area (Å²) in [6.07, 6.45) is 2.31. The van der Waals surface area contributed by atoms with Crippen LogP contribution < -0.4 is 5.73 Å².